The van der Waals surface area contributed by atoms with Crippen LogP contribution in [0.15, 0.2) is 18.2 Å². The highest BCUT2D eigenvalue weighted by Crippen LogP contribution is 2.34. The molecule has 0 saturated heterocycles. The molecule has 90 valence electrons. The zero-order valence-electron chi connectivity index (χ0n) is 11.3. The summed E-state index contributed by atoms with van der Waals surface area (Å²) in [6.07, 6.45) is 2.33. The van der Waals surface area contributed by atoms with Crippen LogP contribution in [-0.4, -0.2) is 6.61 Å². The molecule has 0 aliphatic heterocycles. The van der Waals surface area contributed by atoms with E-state index in [4.69, 9.17) is 4.74 Å². The molecule has 0 heterocycles. The molecule has 16 heavy (non-hydrogen) atoms. The molecule has 1 rings (SSSR count). The normalized spacial score (nSPS) is 11.6. The lowest BCUT2D eigenvalue weighted by atomic mass is 9.77. The van der Waals surface area contributed by atoms with Gasteiger partial charge in [0.1, 0.15) is 5.75 Å². The van der Waals surface area contributed by atoms with Crippen LogP contribution in [0.3, 0.4) is 0 Å². The fourth-order valence-electron chi connectivity index (χ4n) is 1.94. The Morgan fingerprint density at radius 2 is 1.75 bits per heavy atom. The predicted octanol–water partition coefficient (Wildman–Crippen LogP) is 4.47. The first-order valence-electron chi connectivity index (χ1n) is 6.31. The second-order valence-electron chi connectivity index (χ2n) is 4.68. The Kier molecular flexibility index (Phi) is 4.40. The van der Waals surface area contributed by atoms with Crippen molar-refractivity contribution >= 4 is 0 Å². The van der Waals surface area contributed by atoms with Crippen LogP contribution in [0.4, 0.5) is 0 Å². The second kappa shape index (κ2) is 5.38. The predicted molar refractivity (Wildman–Crippen MR) is 70.3 cm³/mol. The third-order valence-corrected chi connectivity index (χ3v) is 3.75. The summed E-state index contributed by atoms with van der Waals surface area (Å²) < 4.78 is 5.66. The molecule has 0 bridgehead atoms. The van der Waals surface area contributed by atoms with Crippen molar-refractivity contribution < 1.29 is 4.74 Å². The Balaban J connectivity index is 3.10. The van der Waals surface area contributed by atoms with Crippen molar-refractivity contribution in [2.45, 2.75) is 52.9 Å². The fourth-order valence-corrected chi connectivity index (χ4v) is 1.94. The van der Waals surface area contributed by atoms with Crippen molar-refractivity contribution in [2.24, 2.45) is 0 Å². The molecule has 0 amide bonds. The van der Waals surface area contributed by atoms with Gasteiger partial charge in [0.25, 0.3) is 0 Å². The van der Waals surface area contributed by atoms with Crippen LogP contribution in [0, 0.1) is 6.92 Å². The van der Waals surface area contributed by atoms with Crippen molar-refractivity contribution in [3.8, 4) is 5.75 Å². The minimum absolute atomic E-state index is 0.277. The molecule has 0 fully saturated rings. The molecular formula is C15H24O. The first-order valence-corrected chi connectivity index (χ1v) is 6.31. The summed E-state index contributed by atoms with van der Waals surface area (Å²) in [6.45, 7) is 11.7. The molecule has 0 spiro atoms. The lowest BCUT2D eigenvalue weighted by Crippen LogP contribution is -2.19. The Morgan fingerprint density at radius 1 is 1.12 bits per heavy atom. The first kappa shape index (κ1) is 13.1. The van der Waals surface area contributed by atoms with Crippen LogP contribution >= 0.6 is 0 Å². The molecule has 0 radical (unpaired) electrons. The van der Waals surface area contributed by atoms with Crippen molar-refractivity contribution in [3.63, 3.8) is 0 Å². The van der Waals surface area contributed by atoms with Gasteiger partial charge >= 0.3 is 0 Å². The minimum Gasteiger partial charge on any atom is -0.494 e. The maximum Gasteiger partial charge on any atom is 0.122 e. The topological polar surface area (TPSA) is 9.23 Å². The van der Waals surface area contributed by atoms with Gasteiger partial charge in [-0.25, -0.2) is 0 Å². The molecule has 1 nitrogen and oxygen atoms in total. The summed E-state index contributed by atoms with van der Waals surface area (Å²) in [5.74, 6) is 1.04. The molecular weight excluding hydrogens is 196 g/mol. The summed E-state index contributed by atoms with van der Waals surface area (Å²) in [6, 6.07) is 6.63. The zero-order chi connectivity index (χ0) is 12.2. The van der Waals surface area contributed by atoms with Gasteiger partial charge < -0.3 is 4.74 Å². The van der Waals surface area contributed by atoms with E-state index >= 15 is 0 Å². The SMILES string of the molecule is CCOc1cc(C(C)(CC)CC)ccc1C. The largest absolute Gasteiger partial charge is 0.494 e. The molecule has 1 heteroatoms. The summed E-state index contributed by atoms with van der Waals surface area (Å²) in [4.78, 5) is 0. The lowest BCUT2D eigenvalue weighted by Gasteiger charge is -2.28. The van der Waals surface area contributed by atoms with Gasteiger partial charge in [-0.3, -0.25) is 0 Å². The summed E-state index contributed by atoms with van der Waals surface area (Å²) >= 11 is 0. The number of hydrogen-bond donors (Lipinski definition) is 0. The molecule has 0 atom stereocenters. The standard InChI is InChI=1S/C15H24O/c1-6-15(5,7-2)13-10-9-12(4)14(11-13)16-8-3/h9-11H,6-8H2,1-5H3. The molecule has 0 unspecified atom stereocenters. The van der Waals surface area contributed by atoms with E-state index in [-0.39, 0.29) is 5.41 Å². The van der Waals surface area contributed by atoms with E-state index in [9.17, 15) is 0 Å². The number of ether oxygens (including phenoxy) is 1. The molecule has 0 aliphatic carbocycles. The fraction of sp³-hybridized carbons (Fsp3) is 0.600. The van der Waals surface area contributed by atoms with E-state index in [0.717, 1.165) is 25.2 Å². The molecule has 0 N–H and O–H groups in total. The van der Waals surface area contributed by atoms with E-state index < -0.39 is 0 Å². The lowest BCUT2D eigenvalue weighted by molar-refractivity contribution is 0.335. The number of aryl methyl sites for hydroxylation is 1. The van der Waals surface area contributed by atoms with E-state index in [1.807, 2.05) is 6.92 Å². The van der Waals surface area contributed by atoms with Gasteiger partial charge in [-0.2, -0.15) is 0 Å². The minimum atomic E-state index is 0.277. The average molecular weight is 220 g/mol. The highest BCUT2D eigenvalue weighted by atomic mass is 16.5. The third kappa shape index (κ3) is 2.58. The molecule has 0 aliphatic rings. The van der Waals surface area contributed by atoms with Gasteiger partial charge in [-0.1, -0.05) is 32.9 Å². The van der Waals surface area contributed by atoms with Crippen LogP contribution < -0.4 is 4.74 Å². The van der Waals surface area contributed by atoms with E-state index in [1.54, 1.807) is 0 Å². The van der Waals surface area contributed by atoms with Crippen LogP contribution in [0.2, 0.25) is 0 Å². The van der Waals surface area contributed by atoms with E-state index in [0.29, 0.717) is 0 Å². The molecule has 0 saturated carbocycles. The Bertz CT molecular complexity index is 337. The first-order chi connectivity index (χ1) is 7.57. The highest BCUT2D eigenvalue weighted by molar-refractivity contribution is 5.39. The Hall–Kier alpha value is -0.980. The van der Waals surface area contributed by atoms with Crippen LogP contribution in [0.25, 0.3) is 0 Å². The van der Waals surface area contributed by atoms with E-state index in [2.05, 4.69) is 45.9 Å². The monoisotopic (exact) mass is 220 g/mol. The quantitative estimate of drug-likeness (QED) is 0.711. The van der Waals surface area contributed by atoms with Gasteiger partial charge in [0, 0.05) is 0 Å². The van der Waals surface area contributed by atoms with Crippen molar-refractivity contribution in [2.75, 3.05) is 6.61 Å². The molecule has 1 aromatic rings. The summed E-state index contributed by atoms with van der Waals surface area (Å²) in [7, 11) is 0. The van der Waals surface area contributed by atoms with Gasteiger partial charge in [0.2, 0.25) is 0 Å². The van der Waals surface area contributed by atoms with Gasteiger partial charge in [0.05, 0.1) is 6.61 Å². The smallest absolute Gasteiger partial charge is 0.122 e. The number of benzene rings is 1. The Morgan fingerprint density at radius 3 is 2.25 bits per heavy atom. The highest BCUT2D eigenvalue weighted by Gasteiger charge is 2.22. The second-order valence-corrected chi connectivity index (χ2v) is 4.68. The maximum absolute atomic E-state index is 5.66. The Labute approximate surface area is 99.8 Å². The van der Waals surface area contributed by atoms with Crippen molar-refractivity contribution in [3.05, 3.63) is 29.3 Å². The van der Waals surface area contributed by atoms with Gasteiger partial charge in [-0.15, -0.1) is 0 Å². The van der Waals surface area contributed by atoms with Crippen LogP contribution in [-0.2, 0) is 5.41 Å². The number of rotatable bonds is 5. The van der Waals surface area contributed by atoms with Crippen LogP contribution in [0.5, 0.6) is 5.75 Å². The van der Waals surface area contributed by atoms with Gasteiger partial charge in [-0.05, 0) is 49.3 Å². The maximum atomic E-state index is 5.66. The van der Waals surface area contributed by atoms with Gasteiger partial charge in [0.15, 0.2) is 0 Å². The molecule has 1 aromatic carbocycles. The van der Waals surface area contributed by atoms with Crippen molar-refractivity contribution in [1.29, 1.82) is 0 Å². The zero-order valence-corrected chi connectivity index (χ0v) is 11.3. The van der Waals surface area contributed by atoms with E-state index in [1.165, 1.54) is 11.1 Å². The molecule has 0 aromatic heterocycles. The average Bonchev–Trinajstić information content (AvgIpc) is 2.31. The third-order valence-electron chi connectivity index (χ3n) is 3.75. The van der Waals surface area contributed by atoms with Crippen LogP contribution in [0.1, 0.15) is 51.7 Å². The number of hydrogen-bond acceptors (Lipinski definition) is 1. The van der Waals surface area contributed by atoms with Crippen molar-refractivity contribution in [1.82, 2.24) is 0 Å². The summed E-state index contributed by atoms with van der Waals surface area (Å²) in [5.41, 5.74) is 2.89. The summed E-state index contributed by atoms with van der Waals surface area (Å²) in [5, 5.41) is 0.